The summed E-state index contributed by atoms with van der Waals surface area (Å²) < 4.78 is 10.4. The molecule has 0 aliphatic carbocycles. The molecule has 0 aliphatic heterocycles. The first-order valence-corrected chi connectivity index (χ1v) is 5.43. The molecule has 0 saturated heterocycles. The lowest BCUT2D eigenvalue weighted by Gasteiger charge is -2.11. The van der Waals surface area contributed by atoms with Crippen molar-refractivity contribution in [1.82, 2.24) is 0 Å². The largest absolute Gasteiger partial charge is 0.356 e. The number of benzene rings is 1. The molecule has 2 heteroatoms. The highest BCUT2D eigenvalue weighted by Crippen LogP contribution is 2.09. The Balaban J connectivity index is 2.23. The molecule has 1 atom stereocenters. The summed E-state index contributed by atoms with van der Waals surface area (Å²) in [5.74, 6) is 0. The van der Waals surface area contributed by atoms with Gasteiger partial charge in [0.15, 0.2) is 6.29 Å². The minimum atomic E-state index is -0.0955. The van der Waals surface area contributed by atoms with Crippen molar-refractivity contribution < 1.29 is 9.47 Å². The first-order chi connectivity index (χ1) is 7.24. The lowest BCUT2D eigenvalue weighted by molar-refractivity contribution is -0.111. The van der Waals surface area contributed by atoms with E-state index in [0.717, 1.165) is 19.4 Å². The van der Waals surface area contributed by atoms with Crippen LogP contribution in [0.4, 0.5) is 0 Å². The number of hydrogen-bond acceptors (Lipinski definition) is 2. The number of hydrogen-bond donors (Lipinski definition) is 0. The molecule has 0 saturated carbocycles. The molecule has 1 aromatic rings. The van der Waals surface area contributed by atoms with E-state index < -0.39 is 0 Å². The number of methoxy groups -OCH3 is 1. The zero-order chi connectivity index (χ0) is 11.1. The Bertz CT molecular complexity index is 284. The highest BCUT2D eigenvalue weighted by molar-refractivity contribution is 5.25. The fourth-order valence-electron chi connectivity index (χ4n) is 1.47. The fraction of sp³-hybridized carbons (Fsp3) is 0.538. The molecule has 84 valence electrons. The Hall–Kier alpha value is -0.860. The van der Waals surface area contributed by atoms with E-state index >= 15 is 0 Å². The average molecular weight is 208 g/mol. The maximum atomic E-state index is 5.43. The summed E-state index contributed by atoms with van der Waals surface area (Å²) in [7, 11) is 1.66. The van der Waals surface area contributed by atoms with Crippen molar-refractivity contribution in [3.63, 3.8) is 0 Å². The van der Waals surface area contributed by atoms with Crippen LogP contribution in [0.15, 0.2) is 24.3 Å². The molecule has 0 radical (unpaired) electrons. The van der Waals surface area contributed by atoms with Crippen LogP contribution in [0, 0.1) is 6.92 Å². The van der Waals surface area contributed by atoms with Crippen molar-refractivity contribution in [1.29, 1.82) is 0 Å². The van der Waals surface area contributed by atoms with Gasteiger partial charge in [0.05, 0.1) is 6.61 Å². The molecule has 0 bridgehead atoms. The molecule has 0 spiro atoms. The Morgan fingerprint density at radius 3 is 2.67 bits per heavy atom. The van der Waals surface area contributed by atoms with E-state index in [1.54, 1.807) is 7.11 Å². The summed E-state index contributed by atoms with van der Waals surface area (Å²) in [6, 6.07) is 8.48. The van der Waals surface area contributed by atoms with Crippen LogP contribution >= 0.6 is 0 Å². The van der Waals surface area contributed by atoms with E-state index in [-0.39, 0.29) is 6.29 Å². The van der Waals surface area contributed by atoms with Gasteiger partial charge in [-0.2, -0.15) is 0 Å². The van der Waals surface area contributed by atoms with Crippen LogP contribution in [0.3, 0.4) is 0 Å². The smallest absolute Gasteiger partial charge is 0.154 e. The molecule has 1 rings (SSSR count). The molecule has 0 heterocycles. The van der Waals surface area contributed by atoms with Gasteiger partial charge in [-0.05, 0) is 37.8 Å². The monoisotopic (exact) mass is 208 g/mol. The highest BCUT2D eigenvalue weighted by Gasteiger charge is 2.00. The predicted octanol–water partition coefficient (Wildman–Crippen LogP) is 2.94. The van der Waals surface area contributed by atoms with Crippen molar-refractivity contribution in [2.24, 2.45) is 0 Å². The Morgan fingerprint density at radius 2 is 2.00 bits per heavy atom. The lowest BCUT2D eigenvalue weighted by Crippen LogP contribution is -2.11. The van der Waals surface area contributed by atoms with Crippen molar-refractivity contribution in [3.8, 4) is 0 Å². The van der Waals surface area contributed by atoms with E-state index in [2.05, 4.69) is 31.2 Å². The van der Waals surface area contributed by atoms with Crippen molar-refractivity contribution in [2.75, 3.05) is 13.7 Å². The molecule has 0 fully saturated rings. The zero-order valence-corrected chi connectivity index (χ0v) is 9.82. The summed E-state index contributed by atoms with van der Waals surface area (Å²) in [6.45, 7) is 4.81. The lowest BCUT2D eigenvalue weighted by atomic mass is 10.0. The van der Waals surface area contributed by atoms with Crippen molar-refractivity contribution in [3.05, 3.63) is 35.4 Å². The maximum absolute atomic E-state index is 5.43. The molecule has 1 unspecified atom stereocenters. The Labute approximate surface area is 92.2 Å². The number of ether oxygens (including phenoxy) is 2. The van der Waals surface area contributed by atoms with Crippen molar-refractivity contribution >= 4 is 0 Å². The molecule has 0 aliphatic rings. The van der Waals surface area contributed by atoms with Crippen LogP contribution in [-0.2, 0) is 15.9 Å². The minimum absolute atomic E-state index is 0.0955. The van der Waals surface area contributed by atoms with Crippen LogP contribution in [0.1, 0.15) is 24.5 Å². The third-order valence-corrected chi connectivity index (χ3v) is 2.54. The quantitative estimate of drug-likeness (QED) is 0.528. The topological polar surface area (TPSA) is 18.5 Å². The summed E-state index contributed by atoms with van der Waals surface area (Å²) in [4.78, 5) is 0. The van der Waals surface area contributed by atoms with Gasteiger partial charge in [-0.1, -0.05) is 24.3 Å². The second-order valence-corrected chi connectivity index (χ2v) is 3.70. The molecular weight excluding hydrogens is 188 g/mol. The molecule has 0 amide bonds. The van der Waals surface area contributed by atoms with Gasteiger partial charge in [-0.25, -0.2) is 0 Å². The molecule has 15 heavy (non-hydrogen) atoms. The highest BCUT2D eigenvalue weighted by atomic mass is 16.7. The van der Waals surface area contributed by atoms with Crippen LogP contribution in [0.25, 0.3) is 0 Å². The van der Waals surface area contributed by atoms with Gasteiger partial charge in [0.2, 0.25) is 0 Å². The minimum Gasteiger partial charge on any atom is -0.356 e. The predicted molar refractivity (Wildman–Crippen MR) is 61.9 cm³/mol. The van der Waals surface area contributed by atoms with Crippen molar-refractivity contribution in [2.45, 2.75) is 33.0 Å². The third-order valence-electron chi connectivity index (χ3n) is 2.54. The molecular formula is C13H20O2. The second-order valence-electron chi connectivity index (χ2n) is 3.70. The molecule has 1 aromatic carbocycles. The maximum Gasteiger partial charge on any atom is 0.154 e. The first-order valence-electron chi connectivity index (χ1n) is 5.43. The number of rotatable bonds is 6. The van der Waals surface area contributed by atoms with Crippen LogP contribution < -0.4 is 0 Å². The SMILES string of the molecule is COC(C)OCCCc1ccccc1C. The van der Waals surface area contributed by atoms with Crippen LogP contribution in [-0.4, -0.2) is 20.0 Å². The summed E-state index contributed by atoms with van der Waals surface area (Å²) >= 11 is 0. The summed E-state index contributed by atoms with van der Waals surface area (Å²) in [5.41, 5.74) is 2.77. The fourth-order valence-corrected chi connectivity index (χ4v) is 1.47. The van der Waals surface area contributed by atoms with Crippen LogP contribution in [0.2, 0.25) is 0 Å². The van der Waals surface area contributed by atoms with E-state index in [4.69, 9.17) is 9.47 Å². The van der Waals surface area contributed by atoms with E-state index in [1.807, 2.05) is 6.92 Å². The first kappa shape index (κ1) is 12.2. The summed E-state index contributed by atoms with van der Waals surface area (Å²) in [5, 5.41) is 0. The summed E-state index contributed by atoms with van der Waals surface area (Å²) in [6.07, 6.45) is 2.02. The molecule has 0 aromatic heterocycles. The Morgan fingerprint density at radius 1 is 1.27 bits per heavy atom. The van der Waals surface area contributed by atoms with Crippen LogP contribution in [0.5, 0.6) is 0 Å². The normalized spacial score (nSPS) is 12.7. The number of aryl methyl sites for hydroxylation is 2. The van der Waals surface area contributed by atoms with Gasteiger partial charge >= 0.3 is 0 Å². The van der Waals surface area contributed by atoms with Gasteiger partial charge in [0.1, 0.15) is 0 Å². The Kier molecular flexibility index (Phi) is 5.37. The van der Waals surface area contributed by atoms with E-state index in [1.165, 1.54) is 11.1 Å². The average Bonchev–Trinajstić information content (AvgIpc) is 2.26. The van der Waals surface area contributed by atoms with Gasteiger partial charge in [0, 0.05) is 7.11 Å². The second kappa shape index (κ2) is 6.59. The van der Waals surface area contributed by atoms with E-state index in [0.29, 0.717) is 0 Å². The molecule has 0 N–H and O–H groups in total. The van der Waals surface area contributed by atoms with Gasteiger partial charge in [-0.15, -0.1) is 0 Å². The third kappa shape index (κ3) is 4.45. The standard InChI is InChI=1S/C13H20O2/c1-11-7-4-5-8-13(11)9-6-10-15-12(2)14-3/h4-5,7-8,12H,6,9-10H2,1-3H3. The van der Waals surface area contributed by atoms with Gasteiger partial charge in [0.25, 0.3) is 0 Å². The van der Waals surface area contributed by atoms with Gasteiger partial charge < -0.3 is 9.47 Å². The van der Waals surface area contributed by atoms with Gasteiger partial charge in [-0.3, -0.25) is 0 Å². The molecule has 2 nitrogen and oxygen atoms in total. The van der Waals surface area contributed by atoms with E-state index in [9.17, 15) is 0 Å². The zero-order valence-electron chi connectivity index (χ0n) is 9.82.